The van der Waals surface area contributed by atoms with Gasteiger partial charge in [0.15, 0.2) is 11.5 Å². The van der Waals surface area contributed by atoms with Gasteiger partial charge in [-0.3, -0.25) is 0 Å². The zero-order chi connectivity index (χ0) is 18.3. The number of fused-ring (bicyclic) bond motifs is 3. The van der Waals surface area contributed by atoms with Gasteiger partial charge in [0.25, 0.3) is 0 Å². The van der Waals surface area contributed by atoms with Crippen molar-refractivity contribution >= 4 is 44.2 Å². The van der Waals surface area contributed by atoms with Crippen LogP contribution in [0.25, 0.3) is 16.6 Å². The molecule has 1 aromatic carbocycles. The van der Waals surface area contributed by atoms with Gasteiger partial charge >= 0.3 is 0 Å². The van der Waals surface area contributed by atoms with E-state index in [0.29, 0.717) is 29.3 Å². The Morgan fingerprint density at radius 2 is 1.96 bits per heavy atom. The second kappa shape index (κ2) is 6.41. The number of nitrogen functional groups attached to an aromatic ring is 1. The summed E-state index contributed by atoms with van der Waals surface area (Å²) >= 11 is 3.38. The molecule has 0 aliphatic rings. The molecule has 4 rings (SSSR count). The Bertz CT molecular complexity index is 1110. The van der Waals surface area contributed by atoms with Crippen LogP contribution in [0.15, 0.2) is 41.0 Å². The lowest BCUT2D eigenvalue weighted by Gasteiger charge is -2.15. The van der Waals surface area contributed by atoms with Crippen LogP contribution >= 0.6 is 15.9 Å². The van der Waals surface area contributed by atoms with Gasteiger partial charge in [-0.25, -0.2) is 15.0 Å². The average Bonchev–Trinajstić information content (AvgIpc) is 3.06. The van der Waals surface area contributed by atoms with Gasteiger partial charge < -0.3 is 15.4 Å². The summed E-state index contributed by atoms with van der Waals surface area (Å²) in [5.74, 6) is 2.35. The molecule has 9 heteroatoms. The van der Waals surface area contributed by atoms with Crippen molar-refractivity contribution in [2.75, 3.05) is 24.8 Å². The smallest absolute Gasteiger partial charge is 0.223 e. The van der Waals surface area contributed by atoms with Gasteiger partial charge in [0, 0.05) is 12.4 Å². The minimum atomic E-state index is 0.263. The summed E-state index contributed by atoms with van der Waals surface area (Å²) in [6.07, 6.45) is 0. The van der Waals surface area contributed by atoms with Gasteiger partial charge in [0.1, 0.15) is 21.7 Å². The number of rotatable bonds is 4. The maximum absolute atomic E-state index is 6.08. The van der Waals surface area contributed by atoms with Crippen LogP contribution < -0.4 is 15.4 Å². The van der Waals surface area contributed by atoms with Gasteiger partial charge in [-0.05, 0) is 40.2 Å². The molecule has 0 saturated heterocycles. The Morgan fingerprint density at radius 1 is 1.15 bits per heavy atom. The maximum Gasteiger partial charge on any atom is 0.223 e. The van der Waals surface area contributed by atoms with E-state index in [-0.39, 0.29) is 5.95 Å². The van der Waals surface area contributed by atoms with Gasteiger partial charge in [-0.1, -0.05) is 12.1 Å². The molecule has 3 aromatic heterocycles. The summed E-state index contributed by atoms with van der Waals surface area (Å²) in [4.78, 5) is 15.5. The van der Waals surface area contributed by atoms with Crippen molar-refractivity contribution in [3.8, 4) is 5.75 Å². The van der Waals surface area contributed by atoms with Crippen molar-refractivity contribution in [3.05, 3.63) is 46.8 Å². The molecule has 0 radical (unpaired) electrons. The summed E-state index contributed by atoms with van der Waals surface area (Å²) in [5.41, 5.74) is 7.40. The zero-order valence-electron chi connectivity index (χ0n) is 14.2. The number of benzene rings is 1. The van der Waals surface area contributed by atoms with E-state index in [1.165, 1.54) is 0 Å². The topological polar surface area (TPSA) is 94.5 Å². The van der Waals surface area contributed by atoms with E-state index in [1.54, 1.807) is 11.6 Å². The van der Waals surface area contributed by atoms with Crippen LogP contribution in [0.1, 0.15) is 5.82 Å². The van der Waals surface area contributed by atoms with Gasteiger partial charge in [-0.15, -0.1) is 5.10 Å². The van der Waals surface area contributed by atoms with Crippen molar-refractivity contribution < 1.29 is 4.74 Å². The molecule has 0 aliphatic heterocycles. The molecule has 132 valence electrons. The summed E-state index contributed by atoms with van der Waals surface area (Å²) in [5, 5.41) is 5.34. The Kier molecular flexibility index (Phi) is 4.08. The first-order valence-corrected chi connectivity index (χ1v) is 8.67. The summed E-state index contributed by atoms with van der Waals surface area (Å²) < 4.78 is 7.70. The number of ether oxygens (including phenoxy) is 1. The molecule has 8 nitrogen and oxygen atoms in total. The number of aromatic nitrogens is 5. The van der Waals surface area contributed by atoms with Gasteiger partial charge in [0.05, 0.1) is 13.7 Å². The monoisotopic (exact) mass is 413 g/mol. The maximum atomic E-state index is 6.08. The fourth-order valence-electron chi connectivity index (χ4n) is 2.80. The van der Waals surface area contributed by atoms with E-state index >= 15 is 0 Å². The fourth-order valence-corrected chi connectivity index (χ4v) is 3.14. The first-order chi connectivity index (χ1) is 12.6. The lowest BCUT2D eigenvalue weighted by Crippen LogP contribution is -2.18. The molecule has 0 unspecified atom stereocenters. The standard InChI is InChI=1S/C17H16BrN7O/c1-24(14-8-4-7-12(18)20-14)9-13-21-16-10-5-3-6-11(26-2)15(10)22-17(19)25(16)23-13/h3-8H,9H2,1-2H3,(H2,19,22). The van der Waals surface area contributed by atoms with Crippen LogP contribution in [-0.2, 0) is 6.54 Å². The molecule has 4 aromatic rings. The lowest BCUT2D eigenvalue weighted by molar-refractivity contribution is 0.419. The highest BCUT2D eigenvalue weighted by molar-refractivity contribution is 9.10. The number of hydrogen-bond acceptors (Lipinski definition) is 7. The lowest BCUT2D eigenvalue weighted by atomic mass is 10.2. The molecule has 0 aliphatic carbocycles. The third-order valence-electron chi connectivity index (χ3n) is 4.02. The largest absolute Gasteiger partial charge is 0.494 e. The number of anilines is 2. The highest BCUT2D eigenvalue weighted by Gasteiger charge is 2.15. The second-order valence-corrected chi connectivity index (χ2v) is 6.58. The molecule has 0 atom stereocenters. The Labute approximate surface area is 157 Å². The number of pyridine rings is 1. The molecular formula is C17H16BrN7O. The van der Waals surface area contributed by atoms with Gasteiger partial charge in [-0.2, -0.15) is 4.52 Å². The Balaban J connectivity index is 1.78. The summed E-state index contributed by atoms with van der Waals surface area (Å²) in [6, 6.07) is 11.4. The zero-order valence-corrected chi connectivity index (χ0v) is 15.8. The third-order valence-corrected chi connectivity index (χ3v) is 4.47. The van der Waals surface area contributed by atoms with Crippen LogP contribution in [0.2, 0.25) is 0 Å². The Hall–Kier alpha value is -2.94. The van der Waals surface area contributed by atoms with Crippen LogP contribution in [0.5, 0.6) is 5.75 Å². The first kappa shape index (κ1) is 16.5. The highest BCUT2D eigenvalue weighted by Crippen LogP contribution is 2.27. The van der Waals surface area contributed by atoms with Crippen molar-refractivity contribution in [2.24, 2.45) is 0 Å². The van der Waals surface area contributed by atoms with E-state index in [9.17, 15) is 0 Å². The number of hydrogen-bond donors (Lipinski definition) is 1. The summed E-state index contributed by atoms with van der Waals surface area (Å²) in [6.45, 7) is 0.482. The predicted molar refractivity (Wildman–Crippen MR) is 103 cm³/mol. The molecular weight excluding hydrogens is 398 g/mol. The van der Waals surface area contributed by atoms with Crippen molar-refractivity contribution in [3.63, 3.8) is 0 Å². The van der Waals surface area contributed by atoms with Gasteiger partial charge in [0.2, 0.25) is 5.95 Å². The first-order valence-electron chi connectivity index (χ1n) is 7.88. The molecule has 0 spiro atoms. The number of methoxy groups -OCH3 is 1. The minimum Gasteiger partial charge on any atom is -0.494 e. The predicted octanol–water partition coefficient (Wildman–Crippen LogP) is 2.66. The van der Waals surface area contributed by atoms with Crippen LogP contribution in [-0.4, -0.2) is 38.7 Å². The van der Waals surface area contributed by atoms with Crippen molar-refractivity contribution in [2.45, 2.75) is 6.54 Å². The van der Waals surface area contributed by atoms with Crippen LogP contribution in [0.4, 0.5) is 11.8 Å². The molecule has 0 saturated carbocycles. The average molecular weight is 414 g/mol. The number of nitrogens with two attached hydrogens (primary N) is 1. The van der Waals surface area contributed by atoms with Crippen molar-refractivity contribution in [1.82, 2.24) is 24.6 Å². The highest BCUT2D eigenvalue weighted by atomic mass is 79.9. The van der Waals surface area contributed by atoms with E-state index in [4.69, 9.17) is 10.5 Å². The SMILES string of the molecule is COc1cccc2c1nc(N)n1nc(CN(C)c3cccc(Br)n3)nc21. The van der Waals surface area contributed by atoms with Crippen molar-refractivity contribution in [1.29, 1.82) is 0 Å². The second-order valence-electron chi connectivity index (χ2n) is 5.76. The molecule has 0 bridgehead atoms. The molecule has 0 amide bonds. The molecule has 3 heterocycles. The summed E-state index contributed by atoms with van der Waals surface area (Å²) in [7, 11) is 3.54. The fraction of sp³-hybridized carbons (Fsp3) is 0.176. The number of para-hydroxylation sites is 1. The third kappa shape index (κ3) is 2.80. The molecule has 26 heavy (non-hydrogen) atoms. The van der Waals surface area contributed by atoms with Crippen LogP contribution in [0, 0.1) is 0 Å². The van der Waals surface area contributed by atoms with E-state index in [1.807, 2.05) is 48.3 Å². The minimum absolute atomic E-state index is 0.263. The number of nitrogens with zero attached hydrogens (tertiary/aromatic N) is 6. The van der Waals surface area contributed by atoms with E-state index in [0.717, 1.165) is 15.8 Å². The molecule has 2 N–H and O–H groups in total. The molecule has 0 fully saturated rings. The van der Waals surface area contributed by atoms with E-state index < -0.39 is 0 Å². The Morgan fingerprint density at radius 3 is 2.73 bits per heavy atom. The number of halogens is 1. The van der Waals surface area contributed by atoms with E-state index in [2.05, 4.69) is 36.0 Å². The normalized spacial score (nSPS) is 11.2. The van der Waals surface area contributed by atoms with Crippen LogP contribution in [0.3, 0.4) is 0 Å². The quantitative estimate of drug-likeness (QED) is 0.513.